The predicted molar refractivity (Wildman–Crippen MR) is 82.3 cm³/mol. The minimum Gasteiger partial charge on any atom is -0.329 e. The SMILES string of the molecule is CC(C)CCC(C)(CN)N1CCN(CC2CC2)CC1. The van der Waals surface area contributed by atoms with Crippen LogP contribution in [-0.2, 0) is 0 Å². The Balaban J connectivity index is 1.79. The van der Waals surface area contributed by atoms with Gasteiger partial charge >= 0.3 is 0 Å². The minimum atomic E-state index is 0.218. The van der Waals surface area contributed by atoms with Gasteiger partial charge in [-0.15, -0.1) is 0 Å². The van der Waals surface area contributed by atoms with Crippen molar-refractivity contribution < 1.29 is 0 Å². The molecule has 1 heterocycles. The van der Waals surface area contributed by atoms with Gasteiger partial charge in [-0.05, 0) is 44.4 Å². The highest BCUT2D eigenvalue weighted by atomic mass is 15.3. The molecule has 0 spiro atoms. The van der Waals surface area contributed by atoms with Crippen molar-refractivity contribution in [1.82, 2.24) is 9.80 Å². The van der Waals surface area contributed by atoms with E-state index >= 15 is 0 Å². The standard InChI is InChI=1S/C16H33N3/c1-14(2)6-7-16(3,13-17)19-10-8-18(9-11-19)12-15-4-5-15/h14-15H,4-13,17H2,1-3H3. The van der Waals surface area contributed by atoms with Crippen LogP contribution in [0.15, 0.2) is 0 Å². The first kappa shape index (κ1) is 15.3. The molecule has 1 saturated carbocycles. The van der Waals surface area contributed by atoms with Crippen molar-refractivity contribution in [2.24, 2.45) is 17.6 Å². The number of hydrogen-bond acceptors (Lipinski definition) is 3. The number of hydrogen-bond donors (Lipinski definition) is 1. The first-order valence-corrected chi connectivity index (χ1v) is 8.21. The molecule has 0 aromatic carbocycles. The van der Waals surface area contributed by atoms with Crippen molar-refractivity contribution in [2.75, 3.05) is 39.3 Å². The molecule has 3 nitrogen and oxygen atoms in total. The van der Waals surface area contributed by atoms with Gasteiger partial charge in [0, 0.05) is 44.8 Å². The third kappa shape index (κ3) is 4.44. The van der Waals surface area contributed by atoms with Crippen molar-refractivity contribution in [3.05, 3.63) is 0 Å². The van der Waals surface area contributed by atoms with Gasteiger partial charge in [-0.2, -0.15) is 0 Å². The zero-order valence-corrected chi connectivity index (χ0v) is 13.2. The van der Waals surface area contributed by atoms with Crippen molar-refractivity contribution in [3.8, 4) is 0 Å². The van der Waals surface area contributed by atoms with Crippen LogP contribution in [-0.4, -0.2) is 54.6 Å². The summed E-state index contributed by atoms with van der Waals surface area (Å²) in [5, 5.41) is 0. The Morgan fingerprint density at radius 1 is 1.16 bits per heavy atom. The third-order valence-electron chi connectivity index (χ3n) is 5.05. The maximum atomic E-state index is 6.09. The number of nitrogens with two attached hydrogens (primary N) is 1. The summed E-state index contributed by atoms with van der Waals surface area (Å²) in [5.41, 5.74) is 6.31. The van der Waals surface area contributed by atoms with Crippen LogP contribution in [0.2, 0.25) is 0 Å². The van der Waals surface area contributed by atoms with E-state index in [1.54, 1.807) is 0 Å². The van der Waals surface area contributed by atoms with E-state index in [2.05, 4.69) is 30.6 Å². The normalized spacial score (nSPS) is 25.7. The summed E-state index contributed by atoms with van der Waals surface area (Å²) in [5.74, 6) is 1.80. The summed E-state index contributed by atoms with van der Waals surface area (Å²) in [6.45, 7) is 14.0. The van der Waals surface area contributed by atoms with Gasteiger partial charge in [0.1, 0.15) is 0 Å². The Hall–Kier alpha value is -0.120. The van der Waals surface area contributed by atoms with E-state index in [-0.39, 0.29) is 5.54 Å². The van der Waals surface area contributed by atoms with Crippen molar-refractivity contribution in [3.63, 3.8) is 0 Å². The molecular formula is C16H33N3. The van der Waals surface area contributed by atoms with Gasteiger partial charge in [-0.25, -0.2) is 0 Å². The fourth-order valence-corrected chi connectivity index (χ4v) is 3.12. The predicted octanol–water partition coefficient (Wildman–Crippen LogP) is 2.17. The Bertz CT molecular complexity index is 267. The molecule has 1 atom stereocenters. The summed E-state index contributed by atoms with van der Waals surface area (Å²) < 4.78 is 0. The van der Waals surface area contributed by atoms with Gasteiger partial charge in [-0.3, -0.25) is 4.90 Å². The lowest BCUT2D eigenvalue weighted by atomic mass is 9.89. The molecule has 0 aromatic rings. The lowest BCUT2D eigenvalue weighted by molar-refractivity contribution is 0.0369. The van der Waals surface area contributed by atoms with Crippen molar-refractivity contribution >= 4 is 0 Å². The monoisotopic (exact) mass is 267 g/mol. The van der Waals surface area contributed by atoms with E-state index < -0.39 is 0 Å². The Morgan fingerprint density at radius 3 is 2.26 bits per heavy atom. The van der Waals surface area contributed by atoms with E-state index in [9.17, 15) is 0 Å². The fraction of sp³-hybridized carbons (Fsp3) is 1.00. The van der Waals surface area contributed by atoms with Crippen LogP contribution in [0.4, 0.5) is 0 Å². The van der Waals surface area contributed by atoms with Gasteiger partial charge in [0.2, 0.25) is 0 Å². The summed E-state index contributed by atoms with van der Waals surface area (Å²) in [6.07, 6.45) is 5.46. The molecule has 2 fully saturated rings. The van der Waals surface area contributed by atoms with Crippen LogP contribution >= 0.6 is 0 Å². The molecule has 1 aliphatic carbocycles. The number of nitrogens with zero attached hydrogens (tertiary/aromatic N) is 2. The zero-order chi connectivity index (χ0) is 13.9. The van der Waals surface area contributed by atoms with Gasteiger partial charge in [0.15, 0.2) is 0 Å². The summed E-state index contributed by atoms with van der Waals surface area (Å²) in [6, 6.07) is 0. The van der Waals surface area contributed by atoms with Gasteiger partial charge in [0.05, 0.1) is 0 Å². The molecule has 112 valence electrons. The average molecular weight is 267 g/mol. The number of piperazine rings is 1. The third-order valence-corrected chi connectivity index (χ3v) is 5.05. The van der Waals surface area contributed by atoms with E-state index in [0.29, 0.717) is 0 Å². The van der Waals surface area contributed by atoms with Crippen molar-refractivity contribution in [1.29, 1.82) is 0 Å². The van der Waals surface area contributed by atoms with Crippen LogP contribution in [0.5, 0.6) is 0 Å². The Morgan fingerprint density at radius 2 is 1.79 bits per heavy atom. The van der Waals surface area contributed by atoms with E-state index in [4.69, 9.17) is 5.73 Å². The highest BCUT2D eigenvalue weighted by Crippen LogP contribution is 2.30. The van der Waals surface area contributed by atoms with Crippen LogP contribution in [0.3, 0.4) is 0 Å². The smallest absolute Gasteiger partial charge is 0.0304 e. The van der Waals surface area contributed by atoms with Gasteiger partial charge < -0.3 is 10.6 Å². The van der Waals surface area contributed by atoms with Crippen LogP contribution in [0.25, 0.3) is 0 Å². The van der Waals surface area contributed by atoms with E-state index in [1.807, 2.05) is 0 Å². The molecule has 3 heteroatoms. The molecule has 0 aromatic heterocycles. The molecule has 19 heavy (non-hydrogen) atoms. The van der Waals surface area contributed by atoms with E-state index in [1.165, 1.54) is 58.4 Å². The lowest BCUT2D eigenvalue weighted by Crippen LogP contribution is -2.59. The maximum absolute atomic E-state index is 6.09. The second-order valence-corrected chi connectivity index (χ2v) is 7.36. The number of rotatable bonds is 7. The second kappa shape index (κ2) is 6.55. The lowest BCUT2D eigenvalue weighted by Gasteiger charge is -2.46. The van der Waals surface area contributed by atoms with Crippen molar-refractivity contribution in [2.45, 2.75) is 52.0 Å². The van der Waals surface area contributed by atoms with Gasteiger partial charge in [0.25, 0.3) is 0 Å². The molecule has 0 radical (unpaired) electrons. The first-order valence-electron chi connectivity index (χ1n) is 8.21. The largest absolute Gasteiger partial charge is 0.329 e. The summed E-state index contributed by atoms with van der Waals surface area (Å²) in [7, 11) is 0. The Kier molecular flexibility index (Phi) is 5.27. The molecule has 2 rings (SSSR count). The molecule has 1 unspecified atom stereocenters. The maximum Gasteiger partial charge on any atom is 0.0304 e. The van der Waals surface area contributed by atoms with Gasteiger partial charge in [-0.1, -0.05) is 13.8 Å². The summed E-state index contributed by atoms with van der Waals surface area (Å²) >= 11 is 0. The molecule has 2 N–H and O–H groups in total. The minimum absolute atomic E-state index is 0.218. The van der Waals surface area contributed by atoms with Crippen LogP contribution in [0.1, 0.15) is 46.5 Å². The highest BCUT2D eigenvalue weighted by molar-refractivity contribution is 4.91. The second-order valence-electron chi connectivity index (χ2n) is 7.36. The van der Waals surface area contributed by atoms with Crippen LogP contribution in [0, 0.1) is 11.8 Å². The average Bonchev–Trinajstić information content (AvgIpc) is 3.21. The quantitative estimate of drug-likeness (QED) is 0.767. The molecule has 1 aliphatic heterocycles. The highest BCUT2D eigenvalue weighted by Gasteiger charge is 2.34. The van der Waals surface area contributed by atoms with Crippen LogP contribution < -0.4 is 5.73 Å². The molecule has 0 bridgehead atoms. The Labute approximate surface area is 119 Å². The molecular weight excluding hydrogens is 234 g/mol. The molecule has 1 saturated heterocycles. The van der Waals surface area contributed by atoms with E-state index in [0.717, 1.165) is 18.4 Å². The fourth-order valence-electron chi connectivity index (χ4n) is 3.12. The molecule has 0 amide bonds. The topological polar surface area (TPSA) is 32.5 Å². The molecule has 2 aliphatic rings. The zero-order valence-electron chi connectivity index (χ0n) is 13.2. The summed E-state index contributed by atoms with van der Waals surface area (Å²) in [4.78, 5) is 5.31. The first-order chi connectivity index (χ1) is 9.03.